The third kappa shape index (κ3) is 4.31. The molecule has 0 spiro atoms. The molecule has 2 atom stereocenters. The van der Waals surface area contributed by atoms with Crippen molar-refractivity contribution in [3.8, 4) is 0 Å². The minimum atomic E-state index is -0.164. The monoisotopic (exact) mass is 304 g/mol. The van der Waals surface area contributed by atoms with E-state index in [0.717, 1.165) is 12.8 Å². The quantitative estimate of drug-likeness (QED) is 0.864. The van der Waals surface area contributed by atoms with Crippen LogP contribution in [-0.2, 0) is 4.79 Å². The van der Waals surface area contributed by atoms with E-state index >= 15 is 0 Å². The SMILES string of the molecule is CC(CCO)NC(=O)C1CCCN(C(=O)c2ccccc2)C1. The standard InChI is InChI=1S/C17H24N2O3/c1-13(9-11-20)18-16(21)15-8-5-10-19(12-15)17(22)14-6-3-2-4-7-14/h2-4,6-7,13,15,20H,5,8-12H2,1H3,(H,18,21). The summed E-state index contributed by atoms with van der Waals surface area (Å²) < 4.78 is 0. The van der Waals surface area contributed by atoms with Gasteiger partial charge in [-0.1, -0.05) is 18.2 Å². The number of benzene rings is 1. The summed E-state index contributed by atoms with van der Waals surface area (Å²) in [4.78, 5) is 26.5. The summed E-state index contributed by atoms with van der Waals surface area (Å²) in [6.45, 7) is 3.10. The van der Waals surface area contributed by atoms with Crippen molar-refractivity contribution in [1.82, 2.24) is 10.2 Å². The lowest BCUT2D eigenvalue weighted by Gasteiger charge is -2.32. The van der Waals surface area contributed by atoms with Crippen molar-refractivity contribution in [2.24, 2.45) is 5.92 Å². The van der Waals surface area contributed by atoms with Gasteiger partial charge in [0.15, 0.2) is 0 Å². The van der Waals surface area contributed by atoms with Crippen LogP contribution in [0.25, 0.3) is 0 Å². The van der Waals surface area contributed by atoms with Crippen LogP contribution < -0.4 is 5.32 Å². The Labute approximate surface area is 131 Å². The van der Waals surface area contributed by atoms with E-state index < -0.39 is 0 Å². The molecule has 2 amide bonds. The molecular formula is C17H24N2O3. The Morgan fingerprint density at radius 1 is 1.36 bits per heavy atom. The molecule has 1 aliphatic rings. The molecule has 2 N–H and O–H groups in total. The molecule has 1 heterocycles. The molecule has 22 heavy (non-hydrogen) atoms. The molecule has 1 aromatic rings. The van der Waals surface area contributed by atoms with Gasteiger partial charge in [-0.05, 0) is 38.3 Å². The van der Waals surface area contributed by atoms with Gasteiger partial charge in [-0.25, -0.2) is 0 Å². The molecular weight excluding hydrogens is 280 g/mol. The smallest absolute Gasteiger partial charge is 0.253 e. The van der Waals surface area contributed by atoms with Crippen LogP contribution in [-0.4, -0.2) is 47.6 Å². The molecule has 2 unspecified atom stereocenters. The Morgan fingerprint density at radius 2 is 2.09 bits per heavy atom. The van der Waals surface area contributed by atoms with Crippen LogP contribution in [0.1, 0.15) is 36.5 Å². The van der Waals surface area contributed by atoms with E-state index in [4.69, 9.17) is 5.11 Å². The van der Waals surface area contributed by atoms with E-state index in [1.54, 1.807) is 17.0 Å². The Morgan fingerprint density at radius 3 is 2.77 bits per heavy atom. The molecule has 0 aromatic heterocycles. The average molecular weight is 304 g/mol. The maximum atomic E-state index is 12.5. The summed E-state index contributed by atoms with van der Waals surface area (Å²) in [5.74, 6) is -0.199. The fourth-order valence-electron chi connectivity index (χ4n) is 2.77. The van der Waals surface area contributed by atoms with Crippen LogP contribution >= 0.6 is 0 Å². The first-order chi connectivity index (χ1) is 10.6. The van der Waals surface area contributed by atoms with Gasteiger partial charge in [0.2, 0.25) is 5.91 Å². The third-order valence-electron chi connectivity index (χ3n) is 4.05. The van der Waals surface area contributed by atoms with Crippen molar-refractivity contribution in [3.05, 3.63) is 35.9 Å². The second-order valence-corrected chi connectivity index (χ2v) is 5.88. The van der Waals surface area contributed by atoms with E-state index in [1.807, 2.05) is 25.1 Å². The van der Waals surface area contributed by atoms with Crippen LogP contribution in [0.4, 0.5) is 0 Å². The van der Waals surface area contributed by atoms with Gasteiger partial charge in [-0.2, -0.15) is 0 Å². The van der Waals surface area contributed by atoms with Gasteiger partial charge in [0.05, 0.1) is 5.92 Å². The van der Waals surface area contributed by atoms with E-state index in [0.29, 0.717) is 25.1 Å². The van der Waals surface area contributed by atoms with Gasteiger partial charge in [0.25, 0.3) is 5.91 Å². The van der Waals surface area contributed by atoms with Gasteiger partial charge in [0, 0.05) is 31.3 Å². The topological polar surface area (TPSA) is 69.6 Å². The zero-order chi connectivity index (χ0) is 15.9. The first kappa shape index (κ1) is 16.5. The number of hydrogen-bond acceptors (Lipinski definition) is 3. The predicted molar refractivity (Wildman–Crippen MR) is 84.4 cm³/mol. The number of aliphatic hydroxyl groups excluding tert-OH is 1. The number of carbonyl (C=O) groups excluding carboxylic acids is 2. The largest absolute Gasteiger partial charge is 0.396 e. The zero-order valence-corrected chi connectivity index (χ0v) is 13.0. The second-order valence-electron chi connectivity index (χ2n) is 5.88. The van der Waals surface area contributed by atoms with Gasteiger partial charge >= 0.3 is 0 Å². The fraction of sp³-hybridized carbons (Fsp3) is 0.529. The lowest BCUT2D eigenvalue weighted by atomic mass is 9.96. The Hall–Kier alpha value is -1.88. The number of carbonyl (C=O) groups is 2. The Bertz CT molecular complexity index is 504. The highest BCUT2D eigenvalue weighted by Gasteiger charge is 2.29. The summed E-state index contributed by atoms with van der Waals surface area (Å²) in [5.41, 5.74) is 0.664. The number of rotatable bonds is 5. The molecule has 5 nitrogen and oxygen atoms in total. The fourth-order valence-corrected chi connectivity index (χ4v) is 2.77. The lowest BCUT2D eigenvalue weighted by molar-refractivity contribution is -0.127. The number of hydrogen-bond donors (Lipinski definition) is 2. The van der Waals surface area contributed by atoms with Crippen LogP contribution in [0.5, 0.6) is 0 Å². The summed E-state index contributed by atoms with van der Waals surface area (Å²) in [6, 6.07) is 9.13. The van der Waals surface area contributed by atoms with E-state index in [-0.39, 0.29) is 30.4 Å². The van der Waals surface area contributed by atoms with Crippen LogP contribution in [0.3, 0.4) is 0 Å². The molecule has 1 aliphatic heterocycles. The number of aliphatic hydroxyl groups is 1. The van der Waals surface area contributed by atoms with Gasteiger partial charge < -0.3 is 15.3 Å². The van der Waals surface area contributed by atoms with Crippen molar-refractivity contribution >= 4 is 11.8 Å². The van der Waals surface area contributed by atoms with E-state index in [1.165, 1.54) is 0 Å². The zero-order valence-electron chi connectivity index (χ0n) is 13.0. The molecule has 120 valence electrons. The molecule has 1 saturated heterocycles. The highest BCUT2D eigenvalue weighted by atomic mass is 16.3. The first-order valence-electron chi connectivity index (χ1n) is 7.87. The molecule has 0 radical (unpaired) electrons. The second kappa shape index (κ2) is 7.94. The number of piperidine rings is 1. The maximum Gasteiger partial charge on any atom is 0.253 e. The van der Waals surface area contributed by atoms with Crippen LogP contribution in [0, 0.1) is 5.92 Å². The molecule has 0 bridgehead atoms. The average Bonchev–Trinajstić information content (AvgIpc) is 2.55. The van der Waals surface area contributed by atoms with Crippen LogP contribution in [0.15, 0.2) is 30.3 Å². The number of nitrogens with zero attached hydrogens (tertiary/aromatic N) is 1. The van der Waals surface area contributed by atoms with Gasteiger partial charge in [0.1, 0.15) is 0 Å². The van der Waals surface area contributed by atoms with Crippen molar-refractivity contribution in [2.75, 3.05) is 19.7 Å². The van der Waals surface area contributed by atoms with E-state index in [9.17, 15) is 9.59 Å². The summed E-state index contributed by atoms with van der Waals surface area (Å²) >= 11 is 0. The van der Waals surface area contributed by atoms with Gasteiger partial charge in [-0.15, -0.1) is 0 Å². The molecule has 5 heteroatoms. The van der Waals surface area contributed by atoms with Crippen molar-refractivity contribution in [3.63, 3.8) is 0 Å². The summed E-state index contributed by atoms with van der Waals surface area (Å²) in [7, 11) is 0. The van der Waals surface area contributed by atoms with Crippen molar-refractivity contribution < 1.29 is 14.7 Å². The van der Waals surface area contributed by atoms with E-state index in [2.05, 4.69) is 5.32 Å². The van der Waals surface area contributed by atoms with Crippen molar-refractivity contribution in [1.29, 1.82) is 0 Å². The van der Waals surface area contributed by atoms with Gasteiger partial charge in [-0.3, -0.25) is 9.59 Å². The molecule has 1 aromatic carbocycles. The highest BCUT2D eigenvalue weighted by molar-refractivity contribution is 5.94. The van der Waals surface area contributed by atoms with Crippen molar-refractivity contribution in [2.45, 2.75) is 32.2 Å². The predicted octanol–water partition coefficient (Wildman–Crippen LogP) is 1.43. The minimum absolute atomic E-state index is 0.0125. The normalized spacial score (nSPS) is 19.5. The minimum Gasteiger partial charge on any atom is -0.396 e. The number of likely N-dealkylation sites (tertiary alicyclic amines) is 1. The lowest BCUT2D eigenvalue weighted by Crippen LogP contribution is -2.47. The Balaban J connectivity index is 1.94. The maximum absolute atomic E-state index is 12.5. The summed E-state index contributed by atoms with van der Waals surface area (Å²) in [5, 5.41) is 11.8. The number of amides is 2. The number of nitrogens with one attached hydrogen (secondary N) is 1. The summed E-state index contributed by atoms with van der Waals surface area (Å²) in [6.07, 6.45) is 2.19. The molecule has 0 saturated carbocycles. The molecule has 0 aliphatic carbocycles. The molecule has 2 rings (SSSR count). The third-order valence-corrected chi connectivity index (χ3v) is 4.05. The molecule has 1 fully saturated rings. The van der Waals surface area contributed by atoms with Crippen LogP contribution in [0.2, 0.25) is 0 Å². The highest BCUT2D eigenvalue weighted by Crippen LogP contribution is 2.19. The first-order valence-corrected chi connectivity index (χ1v) is 7.87. The Kier molecular flexibility index (Phi) is 5.95.